The summed E-state index contributed by atoms with van der Waals surface area (Å²) in [5, 5.41) is 11.6. The zero-order chi connectivity index (χ0) is 19.5. The van der Waals surface area contributed by atoms with E-state index >= 15 is 0 Å². The van der Waals surface area contributed by atoms with Gasteiger partial charge >= 0.3 is 14.9 Å². The lowest BCUT2D eigenvalue weighted by atomic mass is 10.0. The summed E-state index contributed by atoms with van der Waals surface area (Å²) in [5.41, 5.74) is 0.491. The molecule has 0 spiro atoms. The molecule has 0 amide bonds. The van der Waals surface area contributed by atoms with E-state index in [1.165, 1.54) is 24.3 Å². The summed E-state index contributed by atoms with van der Waals surface area (Å²) < 4.78 is 28.0. The Labute approximate surface area is 156 Å². The Balaban J connectivity index is 2.01. The van der Waals surface area contributed by atoms with Crippen molar-refractivity contribution < 1.29 is 18.1 Å². The van der Waals surface area contributed by atoms with Crippen LogP contribution in [0.25, 0.3) is 0 Å². The van der Waals surface area contributed by atoms with Gasteiger partial charge in [0, 0.05) is 22.1 Å². The van der Waals surface area contributed by atoms with Crippen molar-refractivity contribution in [3.05, 3.63) is 100 Å². The van der Waals surface area contributed by atoms with Gasteiger partial charge < -0.3 is 0 Å². The minimum Gasteiger partial charge on any atom is -0.289 e. The molecule has 1 unspecified atom stereocenters. The van der Waals surface area contributed by atoms with Crippen LogP contribution in [-0.4, -0.2) is 24.0 Å². The van der Waals surface area contributed by atoms with E-state index in [1.807, 2.05) is 0 Å². The fourth-order valence-corrected chi connectivity index (χ4v) is 4.18. The highest BCUT2D eigenvalue weighted by Gasteiger charge is 2.54. The normalized spacial score (nSPS) is 18.8. The minimum absolute atomic E-state index is 0.00414. The molecule has 1 N–H and O–H groups in total. The number of sulfonamides is 1. The molecule has 2 aromatic carbocycles. The van der Waals surface area contributed by atoms with Gasteiger partial charge in [0.1, 0.15) is 0 Å². The van der Waals surface area contributed by atoms with Crippen LogP contribution in [0.3, 0.4) is 0 Å². The third-order valence-electron chi connectivity index (χ3n) is 4.24. The molecule has 0 radical (unpaired) electrons. The minimum atomic E-state index is -4.47. The van der Waals surface area contributed by atoms with Gasteiger partial charge in [-0.05, 0) is 12.1 Å². The molecule has 1 atom stereocenters. The summed E-state index contributed by atoms with van der Waals surface area (Å²) in [7, 11) is -4.47. The van der Waals surface area contributed by atoms with Crippen molar-refractivity contribution in [1.82, 2.24) is 0 Å². The van der Waals surface area contributed by atoms with Gasteiger partial charge in [-0.2, -0.15) is 8.42 Å². The Morgan fingerprint density at radius 3 is 2.33 bits per heavy atom. The van der Waals surface area contributed by atoms with Crippen molar-refractivity contribution in [3.63, 3.8) is 0 Å². The van der Waals surface area contributed by atoms with Crippen LogP contribution in [0, 0.1) is 10.1 Å². The van der Waals surface area contributed by atoms with Crippen LogP contribution in [0.1, 0.15) is 22.3 Å². The van der Waals surface area contributed by atoms with Gasteiger partial charge in [-0.15, -0.1) is 0 Å². The lowest BCUT2D eigenvalue weighted by Crippen LogP contribution is -2.48. The van der Waals surface area contributed by atoms with Crippen LogP contribution in [0.5, 0.6) is 0 Å². The first kappa shape index (κ1) is 18.5. The van der Waals surface area contributed by atoms with E-state index in [0.717, 1.165) is 6.08 Å². The number of nitro groups is 1. The number of benzene rings is 2. The fourth-order valence-electron chi connectivity index (χ4n) is 2.77. The largest absolute Gasteiger partial charge is 0.358 e. The first-order valence-corrected chi connectivity index (χ1v) is 9.56. The quantitative estimate of drug-likeness (QED) is 0.468. The lowest BCUT2D eigenvalue weighted by Gasteiger charge is -2.23. The summed E-state index contributed by atoms with van der Waals surface area (Å²) in [6, 6.07) is 14.4. The van der Waals surface area contributed by atoms with E-state index in [2.05, 4.69) is 4.72 Å². The van der Waals surface area contributed by atoms with E-state index in [1.54, 1.807) is 48.5 Å². The molecule has 8 heteroatoms. The predicted molar refractivity (Wildman–Crippen MR) is 101 cm³/mol. The second-order valence-electron chi connectivity index (χ2n) is 5.94. The molecule has 0 saturated carbocycles. The average Bonchev–Trinajstić information content (AvgIpc) is 2.68. The Bertz CT molecular complexity index is 1040. The van der Waals surface area contributed by atoms with Gasteiger partial charge in [0.25, 0.3) is 0 Å². The van der Waals surface area contributed by atoms with Crippen molar-refractivity contribution >= 4 is 21.5 Å². The number of carbonyl (C=O) groups is 1. The zero-order valence-electron chi connectivity index (χ0n) is 14.1. The van der Waals surface area contributed by atoms with E-state index < -0.39 is 19.8 Å². The number of nitrogens with one attached hydrogen (secondary N) is 1. The molecule has 0 aliphatic heterocycles. The van der Waals surface area contributed by atoms with Gasteiger partial charge in [0.05, 0.1) is 12.1 Å². The van der Waals surface area contributed by atoms with Gasteiger partial charge in [0.15, 0.2) is 5.78 Å². The van der Waals surface area contributed by atoms with Crippen molar-refractivity contribution in [2.45, 2.75) is 11.3 Å². The maximum Gasteiger partial charge on any atom is 0.358 e. The molecule has 2 aromatic rings. The number of anilines is 1. The Morgan fingerprint density at radius 1 is 1.04 bits per heavy atom. The second kappa shape index (κ2) is 7.16. The van der Waals surface area contributed by atoms with E-state index in [9.17, 15) is 23.3 Å². The molecule has 0 aromatic heterocycles. The molecule has 27 heavy (non-hydrogen) atoms. The number of hydrogen-bond donors (Lipinski definition) is 1. The Morgan fingerprint density at radius 2 is 1.70 bits per heavy atom. The summed E-state index contributed by atoms with van der Waals surface area (Å²) in [6.07, 6.45) is 5.03. The zero-order valence-corrected chi connectivity index (χ0v) is 14.9. The van der Waals surface area contributed by atoms with Gasteiger partial charge in [-0.25, -0.2) is 0 Å². The number of carbonyl (C=O) groups excluding carboxylic acids is 1. The average molecular weight is 384 g/mol. The Kier molecular flexibility index (Phi) is 4.91. The van der Waals surface area contributed by atoms with Gasteiger partial charge in [0.2, 0.25) is 0 Å². The number of hydrogen-bond acceptors (Lipinski definition) is 5. The lowest BCUT2D eigenvalue weighted by molar-refractivity contribution is -0.526. The molecule has 0 saturated heterocycles. The first-order chi connectivity index (χ1) is 12.9. The van der Waals surface area contributed by atoms with Crippen molar-refractivity contribution in [2.24, 2.45) is 0 Å². The van der Waals surface area contributed by atoms with Crippen molar-refractivity contribution in [2.75, 3.05) is 4.72 Å². The molecule has 1 aliphatic rings. The van der Waals surface area contributed by atoms with Crippen LogP contribution < -0.4 is 4.72 Å². The van der Waals surface area contributed by atoms with Gasteiger partial charge in [-0.3, -0.25) is 19.6 Å². The van der Waals surface area contributed by atoms with Crippen LogP contribution in [0.15, 0.2) is 78.9 Å². The monoisotopic (exact) mass is 384 g/mol. The number of ketones is 1. The van der Waals surface area contributed by atoms with Crippen LogP contribution >= 0.6 is 0 Å². The van der Waals surface area contributed by atoms with E-state index in [4.69, 9.17) is 0 Å². The highest BCUT2D eigenvalue weighted by Crippen LogP contribution is 2.31. The highest BCUT2D eigenvalue weighted by atomic mass is 32.2. The third kappa shape index (κ3) is 3.39. The van der Waals surface area contributed by atoms with Crippen molar-refractivity contribution in [1.29, 1.82) is 0 Å². The summed E-state index contributed by atoms with van der Waals surface area (Å²) >= 11 is 0. The SMILES string of the molecule is O=C(c1ccccc1)c1ccccc1NS(=O)(=O)C1([N+](=O)[O-])C=CC=CC1. The van der Waals surface area contributed by atoms with Crippen molar-refractivity contribution in [3.8, 4) is 0 Å². The predicted octanol–water partition coefficient (Wildman–Crippen LogP) is 3.15. The number of nitrogens with zero attached hydrogens (tertiary/aromatic N) is 1. The first-order valence-electron chi connectivity index (χ1n) is 8.07. The van der Waals surface area contributed by atoms with E-state index in [0.29, 0.717) is 5.56 Å². The van der Waals surface area contributed by atoms with Crippen LogP contribution in [-0.2, 0) is 10.0 Å². The molecule has 0 heterocycles. The van der Waals surface area contributed by atoms with Crippen LogP contribution in [0.4, 0.5) is 5.69 Å². The fraction of sp³-hybridized carbons (Fsp3) is 0.105. The molecule has 138 valence electrons. The molecule has 0 bridgehead atoms. The summed E-state index contributed by atoms with van der Waals surface area (Å²) in [5.74, 6) is -0.386. The molecular formula is C19H16N2O5S. The Hall–Kier alpha value is -3.26. The molecular weight excluding hydrogens is 368 g/mol. The molecule has 0 fully saturated rings. The maximum atomic E-state index is 12.9. The van der Waals surface area contributed by atoms with E-state index in [-0.39, 0.29) is 23.5 Å². The molecule has 7 nitrogen and oxygen atoms in total. The second-order valence-corrected chi connectivity index (χ2v) is 7.86. The number of rotatable bonds is 6. The summed E-state index contributed by atoms with van der Waals surface area (Å²) in [4.78, 5) is 21.2. The standard InChI is InChI=1S/C19H16N2O5S/c22-18(15-9-3-1-4-10-15)16-11-5-6-12-17(16)20-27(25,26)19(21(23)24)13-7-2-8-14-19/h1-13,20H,14H2. The number of allylic oxidation sites excluding steroid dienone is 2. The number of para-hydroxylation sites is 1. The summed E-state index contributed by atoms with van der Waals surface area (Å²) in [6.45, 7) is 0. The third-order valence-corrected chi connectivity index (χ3v) is 6.11. The maximum absolute atomic E-state index is 12.9. The molecule has 1 aliphatic carbocycles. The smallest absolute Gasteiger partial charge is 0.289 e. The highest BCUT2D eigenvalue weighted by molar-refractivity contribution is 7.94. The van der Waals surface area contributed by atoms with Gasteiger partial charge in [-0.1, -0.05) is 60.7 Å². The molecule has 3 rings (SSSR count). The topological polar surface area (TPSA) is 106 Å². The van der Waals surface area contributed by atoms with Crippen LogP contribution in [0.2, 0.25) is 0 Å².